The third-order valence-corrected chi connectivity index (χ3v) is 3.32. The van der Waals surface area contributed by atoms with E-state index >= 15 is 0 Å². The van der Waals surface area contributed by atoms with Crippen LogP contribution in [0.15, 0.2) is 53.0 Å². The van der Waals surface area contributed by atoms with Crippen molar-refractivity contribution in [2.75, 3.05) is 6.61 Å². The van der Waals surface area contributed by atoms with E-state index < -0.39 is 11.8 Å². The first-order valence-electron chi connectivity index (χ1n) is 6.57. The number of halogens is 1. The van der Waals surface area contributed by atoms with Crippen LogP contribution < -0.4 is 15.6 Å². The molecule has 2 N–H and O–H groups in total. The fourth-order valence-corrected chi connectivity index (χ4v) is 1.93. The Kier molecular flexibility index (Phi) is 5.72. The number of ether oxygens (including phenoxy) is 1. The van der Waals surface area contributed by atoms with Gasteiger partial charge >= 0.3 is 0 Å². The first kappa shape index (κ1) is 16.5. The number of nitrogens with one attached hydrogen (secondary N) is 2. The van der Waals surface area contributed by atoms with Crippen LogP contribution in [-0.2, 0) is 4.79 Å². The molecule has 0 radical (unpaired) electrons. The van der Waals surface area contributed by atoms with Crippen molar-refractivity contribution in [3.63, 3.8) is 0 Å². The van der Waals surface area contributed by atoms with Crippen molar-refractivity contribution < 1.29 is 14.3 Å². The number of hydrazine groups is 1. The molecule has 6 nitrogen and oxygen atoms in total. The zero-order valence-electron chi connectivity index (χ0n) is 11.9. The summed E-state index contributed by atoms with van der Waals surface area (Å²) < 4.78 is 6.10. The Bertz CT molecular complexity index is 754. The third kappa shape index (κ3) is 4.83. The molecule has 2 rings (SSSR count). The molecule has 0 aromatic heterocycles. The molecule has 116 valence electrons. The molecular weight excluding hydrogens is 362 g/mol. The normalized spacial score (nSPS) is 9.57. The molecule has 0 saturated heterocycles. The standard InChI is InChI=1S/C16H12BrN3O3/c17-13-7-5-11(6-8-13)16(22)20-19-15(21)10-23-14-4-2-1-3-12(14)9-18/h1-8H,10H2,(H,19,21)(H,20,22). The van der Waals surface area contributed by atoms with E-state index in [1.165, 1.54) is 0 Å². The van der Waals surface area contributed by atoms with Gasteiger partial charge in [0.05, 0.1) is 5.56 Å². The second-order valence-electron chi connectivity index (χ2n) is 4.41. The zero-order valence-corrected chi connectivity index (χ0v) is 13.5. The van der Waals surface area contributed by atoms with Crippen LogP contribution in [0.4, 0.5) is 0 Å². The van der Waals surface area contributed by atoms with Gasteiger partial charge in [0, 0.05) is 10.0 Å². The predicted molar refractivity (Wildman–Crippen MR) is 86.4 cm³/mol. The van der Waals surface area contributed by atoms with Crippen LogP contribution >= 0.6 is 15.9 Å². The number of para-hydroxylation sites is 1. The van der Waals surface area contributed by atoms with E-state index in [1.54, 1.807) is 48.5 Å². The lowest BCUT2D eigenvalue weighted by Gasteiger charge is -2.09. The lowest BCUT2D eigenvalue weighted by atomic mass is 10.2. The number of amides is 2. The summed E-state index contributed by atoms with van der Waals surface area (Å²) in [5, 5.41) is 8.91. The summed E-state index contributed by atoms with van der Waals surface area (Å²) >= 11 is 3.27. The number of hydrogen-bond donors (Lipinski definition) is 2. The molecule has 0 atom stereocenters. The van der Waals surface area contributed by atoms with E-state index in [4.69, 9.17) is 10.00 Å². The van der Waals surface area contributed by atoms with Crippen molar-refractivity contribution in [1.29, 1.82) is 5.26 Å². The molecule has 0 spiro atoms. The van der Waals surface area contributed by atoms with Crippen LogP contribution in [0, 0.1) is 11.3 Å². The van der Waals surface area contributed by atoms with Gasteiger partial charge in [-0.2, -0.15) is 5.26 Å². The number of nitrogens with zero attached hydrogens (tertiary/aromatic N) is 1. The molecule has 0 heterocycles. The highest BCUT2D eigenvalue weighted by atomic mass is 79.9. The molecule has 0 bridgehead atoms. The Labute approximate surface area is 141 Å². The Hall–Kier alpha value is -2.85. The molecule has 0 unspecified atom stereocenters. The minimum absolute atomic E-state index is 0.310. The summed E-state index contributed by atoms with van der Waals surface area (Å²) in [4.78, 5) is 23.5. The largest absolute Gasteiger partial charge is 0.482 e. The van der Waals surface area contributed by atoms with Crippen LogP contribution in [0.3, 0.4) is 0 Å². The van der Waals surface area contributed by atoms with E-state index in [-0.39, 0.29) is 6.61 Å². The van der Waals surface area contributed by atoms with E-state index in [9.17, 15) is 9.59 Å². The number of carbonyl (C=O) groups is 2. The fourth-order valence-electron chi connectivity index (χ4n) is 1.66. The van der Waals surface area contributed by atoms with E-state index in [1.807, 2.05) is 6.07 Å². The number of nitriles is 1. The summed E-state index contributed by atoms with van der Waals surface area (Å²) in [7, 11) is 0. The van der Waals surface area contributed by atoms with Crippen LogP contribution in [0.2, 0.25) is 0 Å². The summed E-state index contributed by atoms with van der Waals surface area (Å²) in [6.07, 6.45) is 0. The molecule has 2 aromatic rings. The van der Waals surface area contributed by atoms with E-state index in [0.29, 0.717) is 16.9 Å². The Balaban J connectivity index is 1.82. The van der Waals surface area contributed by atoms with Gasteiger partial charge in [0.2, 0.25) is 0 Å². The monoisotopic (exact) mass is 373 g/mol. The molecule has 0 aliphatic rings. The van der Waals surface area contributed by atoms with Gasteiger partial charge in [-0.15, -0.1) is 0 Å². The van der Waals surface area contributed by atoms with Gasteiger partial charge in [-0.1, -0.05) is 28.1 Å². The van der Waals surface area contributed by atoms with Gasteiger partial charge in [-0.05, 0) is 36.4 Å². The van der Waals surface area contributed by atoms with Gasteiger partial charge in [-0.25, -0.2) is 0 Å². The van der Waals surface area contributed by atoms with Crippen LogP contribution in [0.5, 0.6) is 5.75 Å². The van der Waals surface area contributed by atoms with Crippen molar-refractivity contribution in [2.45, 2.75) is 0 Å². The first-order chi connectivity index (χ1) is 11.1. The van der Waals surface area contributed by atoms with Crippen molar-refractivity contribution in [2.24, 2.45) is 0 Å². The van der Waals surface area contributed by atoms with Gasteiger partial charge < -0.3 is 4.74 Å². The molecular formula is C16H12BrN3O3. The number of carbonyl (C=O) groups excluding carboxylic acids is 2. The highest BCUT2D eigenvalue weighted by Crippen LogP contribution is 2.16. The lowest BCUT2D eigenvalue weighted by Crippen LogP contribution is -2.43. The third-order valence-electron chi connectivity index (χ3n) is 2.79. The predicted octanol–water partition coefficient (Wildman–Crippen LogP) is 2.16. The average Bonchev–Trinajstić information content (AvgIpc) is 2.58. The number of benzene rings is 2. The SMILES string of the molecule is N#Cc1ccccc1OCC(=O)NNC(=O)c1ccc(Br)cc1. The van der Waals surface area contributed by atoms with Gasteiger partial charge in [0.15, 0.2) is 6.61 Å². The first-order valence-corrected chi connectivity index (χ1v) is 7.36. The number of rotatable bonds is 4. The summed E-state index contributed by atoms with van der Waals surface area (Å²) in [5.74, 6) is -0.670. The average molecular weight is 374 g/mol. The highest BCUT2D eigenvalue weighted by Gasteiger charge is 2.09. The molecule has 0 saturated carbocycles. The molecule has 0 aliphatic carbocycles. The fraction of sp³-hybridized carbons (Fsp3) is 0.0625. The molecule has 0 aliphatic heterocycles. The van der Waals surface area contributed by atoms with Crippen molar-refractivity contribution in [1.82, 2.24) is 10.9 Å². The van der Waals surface area contributed by atoms with E-state index in [2.05, 4.69) is 26.8 Å². The van der Waals surface area contributed by atoms with E-state index in [0.717, 1.165) is 4.47 Å². The maximum atomic E-state index is 11.8. The maximum absolute atomic E-state index is 11.8. The minimum Gasteiger partial charge on any atom is -0.482 e. The molecule has 2 amide bonds. The lowest BCUT2D eigenvalue weighted by molar-refractivity contribution is -0.123. The molecule has 7 heteroatoms. The van der Waals surface area contributed by atoms with Crippen molar-refractivity contribution in [3.8, 4) is 11.8 Å². The van der Waals surface area contributed by atoms with Crippen molar-refractivity contribution >= 4 is 27.7 Å². The van der Waals surface area contributed by atoms with Gasteiger partial charge in [0.25, 0.3) is 11.8 Å². The minimum atomic E-state index is -0.539. The Morgan fingerprint density at radius 3 is 2.48 bits per heavy atom. The quantitative estimate of drug-likeness (QED) is 0.803. The van der Waals surface area contributed by atoms with Crippen LogP contribution in [0.1, 0.15) is 15.9 Å². The summed E-state index contributed by atoms with van der Waals surface area (Å²) in [6, 6.07) is 15.2. The van der Waals surface area contributed by atoms with Gasteiger partial charge in [0.1, 0.15) is 11.8 Å². The smallest absolute Gasteiger partial charge is 0.276 e. The second-order valence-corrected chi connectivity index (χ2v) is 5.32. The van der Waals surface area contributed by atoms with Crippen LogP contribution in [0.25, 0.3) is 0 Å². The topological polar surface area (TPSA) is 91.2 Å². The summed E-state index contributed by atoms with van der Waals surface area (Å²) in [6.45, 7) is -0.320. The molecule has 0 fully saturated rings. The Morgan fingerprint density at radius 1 is 1.09 bits per heavy atom. The zero-order chi connectivity index (χ0) is 16.7. The molecule has 23 heavy (non-hydrogen) atoms. The Morgan fingerprint density at radius 2 is 1.78 bits per heavy atom. The van der Waals surface area contributed by atoms with Crippen molar-refractivity contribution in [3.05, 3.63) is 64.1 Å². The maximum Gasteiger partial charge on any atom is 0.276 e. The van der Waals surface area contributed by atoms with Crippen LogP contribution in [-0.4, -0.2) is 18.4 Å². The number of hydrogen-bond acceptors (Lipinski definition) is 4. The van der Waals surface area contributed by atoms with Gasteiger partial charge in [-0.3, -0.25) is 20.4 Å². The molecule has 2 aromatic carbocycles. The second kappa shape index (κ2) is 7.96. The highest BCUT2D eigenvalue weighted by molar-refractivity contribution is 9.10. The summed E-state index contributed by atoms with van der Waals surface area (Å²) in [5.41, 5.74) is 5.27.